The smallest absolute Gasteiger partial charge is 0.421 e. The molecule has 4 aromatic rings. The van der Waals surface area contributed by atoms with E-state index in [9.17, 15) is 21.6 Å². The predicted molar refractivity (Wildman–Crippen MR) is 126 cm³/mol. The number of rotatable bonds is 8. The molecule has 0 fully saturated rings. The van der Waals surface area contributed by atoms with Crippen molar-refractivity contribution in [1.29, 1.82) is 0 Å². The lowest BCUT2D eigenvalue weighted by Gasteiger charge is -2.15. The van der Waals surface area contributed by atoms with Crippen LogP contribution in [-0.2, 0) is 22.8 Å². The van der Waals surface area contributed by atoms with Crippen molar-refractivity contribution in [3.8, 4) is 5.75 Å². The molecule has 186 valence electrons. The fraction of sp³-hybridized carbons (Fsp3) is 0.0870. The van der Waals surface area contributed by atoms with Gasteiger partial charge in [-0.1, -0.05) is 12.1 Å². The maximum Gasteiger partial charge on any atom is 0.421 e. The van der Waals surface area contributed by atoms with Crippen molar-refractivity contribution in [3.63, 3.8) is 0 Å². The van der Waals surface area contributed by atoms with Gasteiger partial charge in [0.25, 0.3) is 0 Å². The number of nitrogens with zero attached hydrogens (tertiary/aromatic N) is 3. The van der Waals surface area contributed by atoms with Crippen LogP contribution in [0.4, 0.5) is 36.3 Å². The van der Waals surface area contributed by atoms with Gasteiger partial charge >= 0.3 is 6.18 Å². The molecule has 0 saturated carbocycles. The SMILES string of the molecule is NS(=O)(=O)c1cccc(Nc2ncc(C(F)(F)F)c(Nc3ccc(OCc4ccccn4)cc3)n2)c1. The maximum atomic E-state index is 13.6. The fourth-order valence-electron chi connectivity index (χ4n) is 3.04. The van der Waals surface area contributed by atoms with Gasteiger partial charge in [-0.05, 0) is 54.6 Å². The Bertz CT molecular complexity index is 1450. The fourth-order valence-corrected chi connectivity index (χ4v) is 3.60. The monoisotopic (exact) mass is 516 g/mol. The molecule has 2 heterocycles. The van der Waals surface area contributed by atoms with Gasteiger partial charge < -0.3 is 15.4 Å². The normalized spacial score (nSPS) is 11.7. The van der Waals surface area contributed by atoms with Gasteiger partial charge in [-0.3, -0.25) is 4.98 Å². The molecule has 0 unspecified atom stereocenters. The minimum absolute atomic E-state index is 0.178. The molecule has 13 heteroatoms. The van der Waals surface area contributed by atoms with E-state index in [-0.39, 0.29) is 23.1 Å². The second-order valence-electron chi connectivity index (χ2n) is 7.41. The Balaban J connectivity index is 1.53. The van der Waals surface area contributed by atoms with Crippen LogP contribution in [0.3, 0.4) is 0 Å². The number of hydrogen-bond donors (Lipinski definition) is 3. The molecule has 36 heavy (non-hydrogen) atoms. The van der Waals surface area contributed by atoms with Crippen molar-refractivity contribution in [2.75, 3.05) is 10.6 Å². The Morgan fingerprint density at radius 1 is 0.917 bits per heavy atom. The maximum absolute atomic E-state index is 13.6. The highest BCUT2D eigenvalue weighted by Crippen LogP contribution is 2.35. The molecule has 0 radical (unpaired) electrons. The number of aromatic nitrogens is 3. The number of hydrogen-bond acceptors (Lipinski definition) is 8. The number of nitrogens with one attached hydrogen (secondary N) is 2. The van der Waals surface area contributed by atoms with Crippen molar-refractivity contribution in [2.45, 2.75) is 17.7 Å². The van der Waals surface area contributed by atoms with Gasteiger partial charge in [0.15, 0.2) is 0 Å². The first-order chi connectivity index (χ1) is 17.1. The van der Waals surface area contributed by atoms with E-state index in [2.05, 4.69) is 25.6 Å². The van der Waals surface area contributed by atoms with Crippen LogP contribution in [0.1, 0.15) is 11.3 Å². The van der Waals surface area contributed by atoms with E-state index in [1.54, 1.807) is 42.6 Å². The third kappa shape index (κ3) is 6.46. The summed E-state index contributed by atoms with van der Waals surface area (Å²) < 4.78 is 69.5. The van der Waals surface area contributed by atoms with E-state index in [0.717, 1.165) is 5.69 Å². The zero-order chi connectivity index (χ0) is 25.8. The van der Waals surface area contributed by atoms with E-state index >= 15 is 0 Å². The highest BCUT2D eigenvalue weighted by Gasteiger charge is 2.35. The third-order valence-corrected chi connectivity index (χ3v) is 5.65. The first-order valence-corrected chi connectivity index (χ1v) is 11.9. The van der Waals surface area contributed by atoms with Crippen LogP contribution in [0.15, 0.2) is 84.0 Å². The minimum atomic E-state index is -4.72. The van der Waals surface area contributed by atoms with Gasteiger partial charge in [0.05, 0.1) is 10.6 Å². The number of alkyl halides is 3. The average molecular weight is 517 g/mol. The van der Waals surface area contributed by atoms with Gasteiger partial charge in [0, 0.05) is 23.8 Å². The number of ether oxygens (including phenoxy) is 1. The molecule has 0 spiro atoms. The molecule has 0 aliphatic rings. The molecular weight excluding hydrogens is 497 g/mol. The molecule has 4 N–H and O–H groups in total. The Morgan fingerprint density at radius 3 is 2.36 bits per heavy atom. The van der Waals surface area contributed by atoms with Gasteiger partial charge in [-0.2, -0.15) is 18.2 Å². The number of sulfonamides is 1. The number of anilines is 4. The molecule has 0 bridgehead atoms. The Labute approximate surface area is 204 Å². The number of pyridine rings is 1. The van der Waals surface area contributed by atoms with Gasteiger partial charge in [0.1, 0.15) is 23.7 Å². The van der Waals surface area contributed by atoms with Crippen LogP contribution >= 0.6 is 0 Å². The zero-order valence-corrected chi connectivity index (χ0v) is 19.2. The van der Waals surface area contributed by atoms with Crippen molar-refractivity contribution < 1.29 is 26.3 Å². The number of nitrogens with two attached hydrogens (primary N) is 1. The summed E-state index contributed by atoms with van der Waals surface area (Å²) >= 11 is 0. The topological polar surface area (TPSA) is 132 Å². The lowest BCUT2D eigenvalue weighted by molar-refractivity contribution is -0.137. The standard InChI is InChI=1S/C23H19F3N6O3S/c24-23(25,26)20-13-29-22(31-16-5-3-6-19(12-16)36(27,33)34)32-21(20)30-15-7-9-18(10-8-15)35-14-17-4-1-2-11-28-17/h1-13H,14H2,(H2,27,33,34)(H2,29,30,31,32). The second kappa shape index (κ2) is 10.2. The molecule has 0 aliphatic carbocycles. The van der Waals surface area contributed by atoms with Crippen LogP contribution in [0.25, 0.3) is 0 Å². The first kappa shape index (κ1) is 24.9. The minimum Gasteiger partial charge on any atom is -0.487 e. The van der Waals surface area contributed by atoms with Crippen LogP contribution in [0.5, 0.6) is 5.75 Å². The summed E-state index contributed by atoms with van der Waals surface area (Å²) in [5, 5.41) is 10.5. The highest BCUT2D eigenvalue weighted by atomic mass is 32.2. The third-order valence-electron chi connectivity index (χ3n) is 4.74. The lowest BCUT2D eigenvalue weighted by atomic mass is 10.2. The van der Waals surface area contributed by atoms with Gasteiger partial charge in [-0.25, -0.2) is 18.5 Å². The summed E-state index contributed by atoms with van der Waals surface area (Å²) in [6.07, 6.45) is -2.45. The Hall–Kier alpha value is -4.23. The number of halogens is 3. The molecule has 0 aliphatic heterocycles. The predicted octanol–water partition coefficient (Wildman–Crippen LogP) is 4.60. The van der Waals surface area contributed by atoms with E-state index in [0.29, 0.717) is 17.6 Å². The Kier molecular flexibility index (Phi) is 7.03. The van der Waals surface area contributed by atoms with Gasteiger partial charge in [-0.15, -0.1) is 0 Å². The zero-order valence-electron chi connectivity index (χ0n) is 18.4. The first-order valence-electron chi connectivity index (χ1n) is 10.3. The molecule has 0 amide bonds. The molecule has 0 atom stereocenters. The molecule has 2 aromatic heterocycles. The van der Waals surface area contributed by atoms with E-state index < -0.39 is 27.6 Å². The molecule has 0 saturated heterocycles. The summed E-state index contributed by atoms with van der Waals surface area (Å²) in [5.41, 5.74) is 0.195. The summed E-state index contributed by atoms with van der Waals surface area (Å²) in [4.78, 5) is 11.6. The van der Waals surface area contributed by atoms with Gasteiger partial charge in [0.2, 0.25) is 16.0 Å². The van der Waals surface area contributed by atoms with Crippen LogP contribution in [0.2, 0.25) is 0 Å². The summed E-state index contributed by atoms with van der Waals surface area (Å²) in [6.45, 7) is 0.236. The van der Waals surface area contributed by atoms with Crippen LogP contribution in [0, 0.1) is 0 Å². The molecular formula is C23H19F3N6O3S. The van der Waals surface area contributed by atoms with Crippen molar-refractivity contribution in [3.05, 3.63) is 90.4 Å². The van der Waals surface area contributed by atoms with E-state index in [1.165, 1.54) is 24.3 Å². The Morgan fingerprint density at radius 2 is 1.69 bits per heavy atom. The van der Waals surface area contributed by atoms with E-state index in [4.69, 9.17) is 9.88 Å². The number of benzene rings is 2. The van der Waals surface area contributed by atoms with Crippen molar-refractivity contribution in [1.82, 2.24) is 15.0 Å². The van der Waals surface area contributed by atoms with Crippen LogP contribution in [-0.4, -0.2) is 23.4 Å². The molecule has 4 rings (SSSR count). The molecule has 2 aromatic carbocycles. The average Bonchev–Trinajstić information content (AvgIpc) is 2.83. The van der Waals surface area contributed by atoms with Crippen molar-refractivity contribution >= 4 is 33.2 Å². The summed E-state index contributed by atoms with van der Waals surface area (Å²) in [5.74, 6) is -0.181. The largest absolute Gasteiger partial charge is 0.487 e. The summed E-state index contributed by atoms with van der Waals surface area (Å²) in [6, 6.07) is 17.1. The summed E-state index contributed by atoms with van der Waals surface area (Å²) in [7, 11) is -3.97. The molecule has 9 nitrogen and oxygen atoms in total. The second-order valence-corrected chi connectivity index (χ2v) is 8.97. The van der Waals surface area contributed by atoms with Crippen molar-refractivity contribution in [2.24, 2.45) is 5.14 Å². The highest BCUT2D eigenvalue weighted by molar-refractivity contribution is 7.89. The number of primary sulfonamides is 1. The van der Waals surface area contributed by atoms with E-state index in [1.807, 2.05) is 6.07 Å². The lowest BCUT2D eigenvalue weighted by Crippen LogP contribution is -2.13. The van der Waals surface area contributed by atoms with Crippen LogP contribution < -0.4 is 20.5 Å². The quantitative estimate of drug-likeness (QED) is 0.310.